The molecule has 0 unspecified atom stereocenters. The number of fused-ring (bicyclic) bond motifs is 1. The van der Waals surface area contributed by atoms with Crippen LogP contribution in [0, 0.1) is 0 Å². The van der Waals surface area contributed by atoms with Crippen LogP contribution in [0.4, 0.5) is 0 Å². The first-order chi connectivity index (χ1) is 13.9. The number of hydrogen-bond acceptors (Lipinski definition) is 6. The first kappa shape index (κ1) is 20.4. The molecule has 0 aliphatic heterocycles. The molecule has 0 saturated heterocycles. The van der Waals surface area contributed by atoms with Gasteiger partial charge in [-0.25, -0.2) is 13.1 Å². The van der Waals surface area contributed by atoms with Gasteiger partial charge >= 0.3 is 0 Å². The highest BCUT2D eigenvalue weighted by molar-refractivity contribution is 7.90. The molecule has 0 fully saturated rings. The summed E-state index contributed by atoms with van der Waals surface area (Å²) in [5, 5.41) is 3.86. The molecule has 0 bridgehead atoms. The minimum Gasteiger partial charge on any atom is -0.383 e. The predicted octanol–water partition coefficient (Wildman–Crippen LogP) is 1.73. The summed E-state index contributed by atoms with van der Waals surface area (Å²) in [6, 6.07) is 14.5. The molecule has 0 spiro atoms. The maximum absolute atomic E-state index is 12.7. The standard InChI is InChI=1S/C20H19N3O5S/c1-28-12-11-21-20(25)17-10-9-15(13-22-17)19(24)23-29(26,27)18-8-4-6-14-5-2-3-7-16(14)18/h2-10,13H,11-12H2,1H3,(H,21,25)(H,23,24). The van der Waals surface area contributed by atoms with Crippen molar-refractivity contribution in [2.24, 2.45) is 0 Å². The van der Waals surface area contributed by atoms with Gasteiger partial charge in [0.25, 0.3) is 21.8 Å². The normalized spacial score (nSPS) is 11.2. The zero-order chi connectivity index (χ0) is 20.9. The zero-order valence-electron chi connectivity index (χ0n) is 15.6. The molecule has 2 N–H and O–H groups in total. The fourth-order valence-corrected chi connectivity index (χ4v) is 3.89. The number of amides is 2. The van der Waals surface area contributed by atoms with E-state index in [1.807, 2.05) is 4.72 Å². The van der Waals surface area contributed by atoms with Crippen LogP contribution in [0.1, 0.15) is 20.8 Å². The van der Waals surface area contributed by atoms with Crippen molar-refractivity contribution in [3.05, 3.63) is 72.1 Å². The number of pyridine rings is 1. The molecule has 9 heteroatoms. The molecular formula is C20H19N3O5S. The summed E-state index contributed by atoms with van der Waals surface area (Å²) in [5.41, 5.74) is 0.122. The Labute approximate surface area is 168 Å². The van der Waals surface area contributed by atoms with Gasteiger partial charge in [-0.1, -0.05) is 36.4 Å². The van der Waals surface area contributed by atoms with E-state index >= 15 is 0 Å². The van der Waals surface area contributed by atoms with Crippen molar-refractivity contribution in [1.82, 2.24) is 15.0 Å². The fourth-order valence-electron chi connectivity index (χ4n) is 2.69. The van der Waals surface area contributed by atoms with Crippen molar-refractivity contribution in [2.75, 3.05) is 20.3 Å². The Hall–Kier alpha value is -3.30. The maximum atomic E-state index is 12.7. The molecule has 2 aromatic carbocycles. The van der Waals surface area contributed by atoms with Gasteiger partial charge in [-0.15, -0.1) is 0 Å². The average Bonchev–Trinajstić information content (AvgIpc) is 2.73. The molecule has 0 aliphatic carbocycles. The van der Waals surface area contributed by atoms with Crippen LogP contribution >= 0.6 is 0 Å². The monoisotopic (exact) mass is 413 g/mol. The highest BCUT2D eigenvalue weighted by atomic mass is 32.2. The minimum atomic E-state index is -4.10. The lowest BCUT2D eigenvalue weighted by Gasteiger charge is -2.10. The summed E-state index contributed by atoms with van der Waals surface area (Å²) in [6.45, 7) is 0.681. The van der Waals surface area contributed by atoms with E-state index < -0.39 is 21.8 Å². The first-order valence-corrected chi connectivity index (χ1v) is 10.2. The molecule has 3 aromatic rings. The molecule has 2 amide bonds. The van der Waals surface area contributed by atoms with Crippen LogP contribution in [0.25, 0.3) is 10.8 Å². The third-order valence-corrected chi connectivity index (χ3v) is 5.51. The Morgan fingerprint density at radius 1 is 1.00 bits per heavy atom. The average molecular weight is 413 g/mol. The van der Waals surface area contributed by atoms with E-state index in [1.54, 1.807) is 36.4 Å². The molecule has 29 heavy (non-hydrogen) atoms. The number of nitrogens with zero attached hydrogens (tertiary/aromatic N) is 1. The van der Waals surface area contributed by atoms with E-state index in [-0.39, 0.29) is 16.2 Å². The number of ether oxygens (including phenoxy) is 1. The van der Waals surface area contributed by atoms with Gasteiger partial charge in [-0.05, 0) is 23.6 Å². The van der Waals surface area contributed by atoms with Crippen molar-refractivity contribution in [3.63, 3.8) is 0 Å². The largest absolute Gasteiger partial charge is 0.383 e. The van der Waals surface area contributed by atoms with Gasteiger partial charge in [0.15, 0.2) is 0 Å². The summed E-state index contributed by atoms with van der Waals surface area (Å²) >= 11 is 0. The Bertz CT molecular complexity index is 1140. The summed E-state index contributed by atoms with van der Waals surface area (Å²) in [5.74, 6) is -1.26. The van der Waals surface area contributed by atoms with Crippen molar-refractivity contribution in [1.29, 1.82) is 0 Å². The van der Waals surface area contributed by atoms with Crippen LogP contribution in [0.2, 0.25) is 0 Å². The molecule has 0 aliphatic rings. The molecule has 1 aromatic heterocycles. The molecule has 0 saturated carbocycles. The maximum Gasteiger partial charge on any atom is 0.269 e. The Morgan fingerprint density at radius 3 is 2.48 bits per heavy atom. The second kappa shape index (κ2) is 8.80. The smallest absolute Gasteiger partial charge is 0.269 e. The fraction of sp³-hybridized carbons (Fsp3) is 0.150. The van der Waals surface area contributed by atoms with Gasteiger partial charge in [0.1, 0.15) is 5.69 Å². The van der Waals surface area contributed by atoms with Crippen LogP contribution in [-0.4, -0.2) is 45.5 Å². The molecule has 150 valence electrons. The van der Waals surface area contributed by atoms with E-state index in [9.17, 15) is 18.0 Å². The SMILES string of the molecule is COCCNC(=O)c1ccc(C(=O)NS(=O)(=O)c2cccc3ccccc23)cn1. The van der Waals surface area contributed by atoms with Gasteiger partial charge in [0.05, 0.1) is 17.1 Å². The number of methoxy groups -OCH3 is 1. The van der Waals surface area contributed by atoms with Crippen molar-refractivity contribution in [2.45, 2.75) is 4.90 Å². The second-order valence-corrected chi connectivity index (χ2v) is 7.74. The van der Waals surface area contributed by atoms with Gasteiger partial charge < -0.3 is 10.1 Å². The van der Waals surface area contributed by atoms with Crippen molar-refractivity contribution >= 4 is 32.6 Å². The summed E-state index contributed by atoms with van der Waals surface area (Å²) in [4.78, 5) is 28.3. The zero-order valence-corrected chi connectivity index (χ0v) is 16.4. The molecular weight excluding hydrogens is 394 g/mol. The Balaban J connectivity index is 1.76. The topological polar surface area (TPSA) is 114 Å². The van der Waals surface area contributed by atoms with Crippen LogP contribution in [0.5, 0.6) is 0 Å². The summed E-state index contributed by atoms with van der Waals surface area (Å²) in [6.07, 6.45) is 1.15. The quantitative estimate of drug-likeness (QED) is 0.570. The number of carbonyl (C=O) groups excluding carboxylic acids is 2. The number of nitrogens with one attached hydrogen (secondary N) is 2. The third kappa shape index (κ3) is 4.76. The van der Waals surface area contributed by atoms with E-state index in [4.69, 9.17) is 4.74 Å². The van der Waals surface area contributed by atoms with E-state index in [1.165, 1.54) is 25.3 Å². The number of hydrogen-bond donors (Lipinski definition) is 2. The summed E-state index contributed by atoms with van der Waals surface area (Å²) < 4.78 is 32.3. The second-order valence-electron chi connectivity index (χ2n) is 6.09. The number of sulfonamides is 1. The first-order valence-electron chi connectivity index (χ1n) is 8.70. The Kier molecular flexibility index (Phi) is 6.20. The molecule has 8 nitrogen and oxygen atoms in total. The summed E-state index contributed by atoms with van der Waals surface area (Å²) in [7, 11) is -2.58. The van der Waals surface area contributed by atoms with Crippen LogP contribution in [-0.2, 0) is 14.8 Å². The number of benzene rings is 2. The highest BCUT2D eigenvalue weighted by Gasteiger charge is 2.21. The minimum absolute atomic E-state index is 0.00560. The van der Waals surface area contributed by atoms with Crippen molar-refractivity contribution < 1.29 is 22.7 Å². The van der Waals surface area contributed by atoms with Crippen LogP contribution < -0.4 is 10.0 Å². The molecule has 0 atom stereocenters. The molecule has 0 radical (unpaired) electrons. The molecule has 3 rings (SSSR count). The molecule has 1 heterocycles. The third-order valence-electron chi connectivity index (χ3n) is 4.12. The van der Waals surface area contributed by atoms with Crippen LogP contribution in [0.3, 0.4) is 0 Å². The van der Waals surface area contributed by atoms with Gasteiger partial charge in [-0.2, -0.15) is 0 Å². The van der Waals surface area contributed by atoms with Gasteiger partial charge in [-0.3, -0.25) is 14.6 Å². The number of rotatable bonds is 7. The number of aromatic nitrogens is 1. The lowest BCUT2D eigenvalue weighted by Crippen LogP contribution is -2.31. The Morgan fingerprint density at radius 2 is 1.76 bits per heavy atom. The highest BCUT2D eigenvalue weighted by Crippen LogP contribution is 2.22. The number of carbonyl (C=O) groups is 2. The van der Waals surface area contributed by atoms with Crippen molar-refractivity contribution in [3.8, 4) is 0 Å². The van der Waals surface area contributed by atoms with E-state index in [0.717, 1.165) is 11.6 Å². The lowest BCUT2D eigenvalue weighted by molar-refractivity contribution is 0.0929. The lowest BCUT2D eigenvalue weighted by atomic mass is 10.1. The van der Waals surface area contributed by atoms with E-state index in [2.05, 4.69) is 10.3 Å². The van der Waals surface area contributed by atoms with Gasteiger partial charge in [0, 0.05) is 25.2 Å². The van der Waals surface area contributed by atoms with Crippen LogP contribution in [0.15, 0.2) is 65.7 Å². The predicted molar refractivity (Wildman–Crippen MR) is 107 cm³/mol. The van der Waals surface area contributed by atoms with E-state index in [0.29, 0.717) is 18.5 Å². The van der Waals surface area contributed by atoms with Gasteiger partial charge in [0.2, 0.25) is 0 Å².